The topological polar surface area (TPSA) is 66.0 Å². The van der Waals surface area contributed by atoms with E-state index in [9.17, 15) is 4.79 Å². The third-order valence-corrected chi connectivity index (χ3v) is 4.04. The van der Waals surface area contributed by atoms with Crippen LogP contribution in [-0.2, 0) is 4.79 Å². The second-order valence-electron chi connectivity index (χ2n) is 5.76. The lowest BCUT2D eigenvalue weighted by Gasteiger charge is -2.14. The summed E-state index contributed by atoms with van der Waals surface area (Å²) in [6.45, 7) is -0.116. The first kappa shape index (κ1) is 18.4. The van der Waals surface area contributed by atoms with Gasteiger partial charge in [-0.25, -0.2) is 0 Å². The first-order valence-corrected chi connectivity index (χ1v) is 8.36. The summed E-state index contributed by atoms with van der Waals surface area (Å²) in [6, 6.07) is 17.0. The van der Waals surface area contributed by atoms with Gasteiger partial charge >= 0.3 is 0 Å². The van der Waals surface area contributed by atoms with E-state index < -0.39 is 0 Å². The molecule has 0 aliphatic rings. The van der Waals surface area contributed by atoms with E-state index in [-0.39, 0.29) is 12.5 Å². The molecular formula is C21H21NO5. The van der Waals surface area contributed by atoms with Crippen LogP contribution in [0.5, 0.6) is 23.0 Å². The zero-order valence-corrected chi connectivity index (χ0v) is 15.4. The van der Waals surface area contributed by atoms with Crippen LogP contribution < -0.4 is 24.3 Å². The predicted molar refractivity (Wildman–Crippen MR) is 104 cm³/mol. The fourth-order valence-corrected chi connectivity index (χ4v) is 2.76. The number of benzene rings is 3. The summed E-state index contributed by atoms with van der Waals surface area (Å²) in [7, 11) is 4.56. The lowest BCUT2D eigenvalue weighted by molar-refractivity contribution is -0.118. The van der Waals surface area contributed by atoms with E-state index in [1.807, 2.05) is 42.5 Å². The number of methoxy groups -OCH3 is 3. The molecule has 3 rings (SSSR count). The van der Waals surface area contributed by atoms with Crippen molar-refractivity contribution >= 4 is 22.4 Å². The Morgan fingerprint density at radius 1 is 0.852 bits per heavy atom. The molecular weight excluding hydrogens is 346 g/mol. The second kappa shape index (κ2) is 8.31. The van der Waals surface area contributed by atoms with Gasteiger partial charge in [0.2, 0.25) is 5.75 Å². The number of rotatable bonds is 7. The number of amides is 1. The Morgan fingerprint density at radius 3 is 2.15 bits per heavy atom. The highest BCUT2D eigenvalue weighted by Crippen LogP contribution is 2.39. The van der Waals surface area contributed by atoms with Gasteiger partial charge < -0.3 is 24.3 Å². The Kier molecular flexibility index (Phi) is 5.66. The van der Waals surface area contributed by atoms with Gasteiger partial charge in [-0.15, -0.1) is 0 Å². The van der Waals surface area contributed by atoms with Gasteiger partial charge in [-0.3, -0.25) is 4.79 Å². The molecule has 0 saturated carbocycles. The summed E-state index contributed by atoms with van der Waals surface area (Å²) < 4.78 is 21.4. The van der Waals surface area contributed by atoms with E-state index in [4.69, 9.17) is 18.9 Å². The van der Waals surface area contributed by atoms with Gasteiger partial charge in [-0.1, -0.05) is 30.3 Å². The Morgan fingerprint density at radius 2 is 1.52 bits per heavy atom. The maximum absolute atomic E-state index is 12.3. The van der Waals surface area contributed by atoms with Crippen molar-refractivity contribution in [2.45, 2.75) is 0 Å². The van der Waals surface area contributed by atoms with E-state index in [0.717, 1.165) is 10.8 Å². The summed E-state index contributed by atoms with van der Waals surface area (Å²) in [6.07, 6.45) is 0. The average molecular weight is 367 g/mol. The van der Waals surface area contributed by atoms with Crippen molar-refractivity contribution in [3.05, 3.63) is 54.6 Å². The number of hydrogen-bond acceptors (Lipinski definition) is 5. The minimum absolute atomic E-state index is 0.116. The van der Waals surface area contributed by atoms with Crippen LogP contribution in [0.1, 0.15) is 0 Å². The van der Waals surface area contributed by atoms with Crippen LogP contribution in [0.15, 0.2) is 54.6 Å². The van der Waals surface area contributed by atoms with Crippen LogP contribution in [0.2, 0.25) is 0 Å². The van der Waals surface area contributed by atoms with Crippen LogP contribution in [0.3, 0.4) is 0 Å². The monoisotopic (exact) mass is 367 g/mol. The number of carbonyl (C=O) groups excluding carboxylic acids is 1. The summed E-state index contributed by atoms with van der Waals surface area (Å²) >= 11 is 0. The molecule has 0 aliphatic carbocycles. The SMILES string of the molecule is COc1cc(NC(=O)COc2ccc3ccccc3c2)cc(OC)c1OC. The molecule has 0 aliphatic heterocycles. The van der Waals surface area contributed by atoms with E-state index >= 15 is 0 Å². The van der Waals surface area contributed by atoms with E-state index in [1.165, 1.54) is 21.3 Å². The minimum Gasteiger partial charge on any atom is -0.493 e. The van der Waals surface area contributed by atoms with Crippen molar-refractivity contribution in [2.75, 3.05) is 33.3 Å². The van der Waals surface area contributed by atoms with Gasteiger partial charge in [-0.05, 0) is 22.9 Å². The van der Waals surface area contributed by atoms with Crippen molar-refractivity contribution in [2.24, 2.45) is 0 Å². The molecule has 3 aromatic rings. The molecule has 6 nitrogen and oxygen atoms in total. The molecule has 0 unspecified atom stereocenters. The van der Waals surface area contributed by atoms with E-state index in [1.54, 1.807) is 12.1 Å². The van der Waals surface area contributed by atoms with Gasteiger partial charge in [-0.2, -0.15) is 0 Å². The molecule has 0 radical (unpaired) electrons. The first-order valence-electron chi connectivity index (χ1n) is 8.36. The molecule has 0 aromatic heterocycles. The molecule has 0 fully saturated rings. The predicted octanol–water partition coefficient (Wildman–Crippen LogP) is 3.88. The number of nitrogens with one attached hydrogen (secondary N) is 1. The van der Waals surface area contributed by atoms with Crippen molar-refractivity contribution in [1.82, 2.24) is 0 Å². The smallest absolute Gasteiger partial charge is 0.262 e. The Labute approximate surface area is 157 Å². The Hall–Kier alpha value is -3.41. The van der Waals surface area contributed by atoms with Gasteiger partial charge in [0.1, 0.15) is 5.75 Å². The highest BCUT2D eigenvalue weighted by atomic mass is 16.5. The summed E-state index contributed by atoms with van der Waals surface area (Å²) in [5.41, 5.74) is 0.525. The zero-order chi connectivity index (χ0) is 19.2. The molecule has 140 valence electrons. The fraction of sp³-hybridized carbons (Fsp3) is 0.190. The third kappa shape index (κ3) is 4.23. The van der Waals surface area contributed by atoms with Crippen LogP contribution in [-0.4, -0.2) is 33.8 Å². The quantitative estimate of drug-likeness (QED) is 0.686. The maximum atomic E-state index is 12.3. The first-order chi connectivity index (χ1) is 13.1. The molecule has 1 N–H and O–H groups in total. The number of hydrogen-bond donors (Lipinski definition) is 1. The number of ether oxygens (including phenoxy) is 4. The number of anilines is 1. The van der Waals surface area contributed by atoms with Crippen LogP contribution >= 0.6 is 0 Å². The standard InChI is InChI=1S/C21H21NO5/c1-24-18-11-16(12-19(25-2)21(18)26-3)22-20(23)13-27-17-9-8-14-6-4-5-7-15(14)10-17/h4-12H,13H2,1-3H3,(H,22,23). The lowest BCUT2D eigenvalue weighted by atomic mass is 10.1. The van der Waals surface area contributed by atoms with Gasteiger partial charge in [0.05, 0.1) is 21.3 Å². The summed E-state index contributed by atoms with van der Waals surface area (Å²) in [4.78, 5) is 12.3. The number of fused-ring (bicyclic) bond motifs is 1. The summed E-state index contributed by atoms with van der Waals surface area (Å²) in [5.74, 6) is 1.72. The highest BCUT2D eigenvalue weighted by molar-refractivity contribution is 5.92. The van der Waals surface area contributed by atoms with E-state index in [2.05, 4.69) is 5.32 Å². The van der Waals surface area contributed by atoms with Gasteiger partial charge in [0.15, 0.2) is 18.1 Å². The van der Waals surface area contributed by atoms with Crippen molar-refractivity contribution in [3.8, 4) is 23.0 Å². The molecule has 0 spiro atoms. The van der Waals surface area contributed by atoms with Crippen molar-refractivity contribution in [3.63, 3.8) is 0 Å². The summed E-state index contributed by atoms with van der Waals surface area (Å²) in [5, 5.41) is 4.94. The van der Waals surface area contributed by atoms with Crippen LogP contribution in [0.4, 0.5) is 5.69 Å². The molecule has 0 atom stereocenters. The molecule has 6 heteroatoms. The lowest BCUT2D eigenvalue weighted by Crippen LogP contribution is -2.20. The van der Waals surface area contributed by atoms with Crippen LogP contribution in [0, 0.1) is 0 Å². The van der Waals surface area contributed by atoms with Gasteiger partial charge in [0, 0.05) is 17.8 Å². The van der Waals surface area contributed by atoms with Crippen LogP contribution in [0.25, 0.3) is 10.8 Å². The van der Waals surface area contributed by atoms with Crippen molar-refractivity contribution in [1.29, 1.82) is 0 Å². The Bertz CT molecular complexity index is 929. The molecule has 0 heterocycles. The minimum atomic E-state index is -0.294. The van der Waals surface area contributed by atoms with Crippen molar-refractivity contribution < 1.29 is 23.7 Å². The average Bonchev–Trinajstić information content (AvgIpc) is 2.71. The molecule has 27 heavy (non-hydrogen) atoms. The normalized spacial score (nSPS) is 10.3. The zero-order valence-electron chi connectivity index (χ0n) is 15.4. The largest absolute Gasteiger partial charge is 0.493 e. The van der Waals surface area contributed by atoms with E-state index in [0.29, 0.717) is 28.7 Å². The maximum Gasteiger partial charge on any atom is 0.262 e. The number of carbonyl (C=O) groups is 1. The molecule has 3 aromatic carbocycles. The van der Waals surface area contributed by atoms with Gasteiger partial charge in [0.25, 0.3) is 5.91 Å². The molecule has 1 amide bonds. The third-order valence-electron chi connectivity index (χ3n) is 4.04. The second-order valence-corrected chi connectivity index (χ2v) is 5.76. The highest BCUT2D eigenvalue weighted by Gasteiger charge is 2.14. The molecule has 0 bridgehead atoms. The Balaban J connectivity index is 1.68. The molecule has 0 saturated heterocycles. The fourth-order valence-electron chi connectivity index (χ4n) is 2.76.